The molecule has 2 aromatic heterocycles. The first-order valence-electron chi connectivity index (χ1n) is 11.8. The third-order valence-corrected chi connectivity index (χ3v) is 8.41. The van der Waals surface area contributed by atoms with Crippen LogP contribution in [0.1, 0.15) is 41.7 Å². The molecule has 9 heteroatoms. The predicted molar refractivity (Wildman–Crippen MR) is 130 cm³/mol. The molecule has 3 aliphatic heterocycles. The summed E-state index contributed by atoms with van der Waals surface area (Å²) < 4.78 is 15.6. The molecule has 1 fully saturated rings. The molecule has 0 radical (unpaired) electrons. The van der Waals surface area contributed by atoms with E-state index in [9.17, 15) is 19.8 Å². The van der Waals surface area contributed by atoms with E-state index < -0.39 is 29.8 Å². The van der Waals surface area contributed by atoms with Gasteiger partial charge in [-0.1, -0.05) is 36.4 Å². The number of hydrogen-bond acceptors (Lipinski definition) is 6. The van der Waals surface area contributed by atoms with Crippen molar-refractivity contribution >= 4 is 55.5 Å². The number of amides is 1. The fourth-order valence-electron chi connectivity index (χ4n) is 6.94. The number of esters is 1. The Labute approximate surface area is 203 Å². The second-order valence-electron chi connectivity index (χ2n) is 9.96. The van der Waals surface area contributed by atoms with Gasteiger partial charge >= 0.3 is 5.97 Å². The molecule has 180 valence electrons. The Morgan fingerprint density at radius 1 is 1.08 bits per heavy atom. The minimum atomic E-state index is -2.00. The van der Waals surface area contributed by atoms with Crippen molar-refractivity contribution in [1.82, 2.24) is 14.5 Å². The number of carbonyl (C=O) groups excluding carboxylic acids is 2. The highest BCUT2D eigenvalue weighted by molar-refractivity contribution is 6.31. The Hall–Kier alpha value is -3.92. The van der Waals surface area contributed by atoms with Gasteiger partial charge in [0.2, 0.25) is 5.60 Å². The number of ether oxygens (including phenoxy) is 2. The number of benzene rings is 3. The normalized spacial score (nSPS) is 28.4. The molecule has 3 aromatic carbocycles. The lowest BCUT2D eigenvalue weighted by molar-refractivity contribution is -0.202. The van der Waals surface area contributed by atoms with Crippen molar-refractivity contribution in [1.29, 1.82) is 0 Å². The van der Waals surface area contributed by atoms with Gasteiger partial charge in [-0.2, -0.15) is 0 Å². The fourth-order valence-corrected chi connectivity index (χ4v) is 6.94. The van der Waals surface area contributed by atoms with Gasteiger partial charge in [0.25, 0.3) is 5.91 Å². The third-order valence-electron chi connectivity index (χ3n) is 8.41. The number of para-hydroxylation sites is 2. The SMILES string of the molecule is COC(=O)C1(O)CC2OC1(C)n1c3ccccc3c3c4c(c5c6ccccc6n2c5c31)C(=O)NC4O. The van der Waals surface area contributed by atoms with Crippen molar-refractivity contribution in [2.45, 2.75) is 37.1 Å². The zero-order valence-corrected chi connectivity index (χ0v) is 19.4. The Bertz CT molecular complexity index is 1870. The Morgan fingerprint density at radius 3 is 2.47 bits per heavy atom. The number of carbonyl (C=O) groups is 2. The summed E-state index contributed by atoms with van der Waals surface area (Å²) in [7, 11) is 1.25. The van der Waals surface area contributed by atoms with Gasteiger partial charge in [0.1, 0.15) is 6.23 Å². The second kappa shape index (κ2) is 6.07. The molecule has 5 heterocycles. The van der Waals surface area contributed by atoms with Crippen molar-refractivity contribution < 1.29 is 29.3 Å². The maximum Gasteiger partial charge on any atom is 0.343 e. The van der Waals surface area contributed by atoms with Crippen LogP contribution in [0.3, 0.4) is 0 Å². The number of rotatable bonds is 1. The van der Waals surface area contributed by atoms with Crippen LogP contribution in [-0.2, 0) is 20.0 Å². The van der Waals surface area contributed by atoms with Gasteiger partial charge in [0.15, 0.2) is 12.0 Å². The van der Waals surface area contributed by atoms with Gasteiger partial charge in [0, 0.05) is 33.5 Å². The Kier molecular flexibility index (Phi) is 3.42. The first-order chi connectivity index (χ1) is 17.3. The molecular formula is C27H21N3O6. The maximum atomic E-state index is 13.3. The van der Waals surface area contributed by atoms with E-state index >= 15 is 0 Å². The molecule has 36 heavy (non-hydrogen) atoms. The molecule has 4 unspecified atom stereocenters. The molecule has 5 aromatic rings. The van der Waals surface area contributed by atoms with Gasteiger partial charge in [-0.15, -0.1) is 0 Å². The molecule has 0 saturated carbocycles. The van der Waals surface area contributed by atoms with E-state index in [-0.39, 0.29) is 12.3 Å². The first-order valence-corrected chi connectivity index (χ1v) is 11.8. The van der Waals surface area contributed by atoms with Crippen molar-refractivity contribution in [3.05, 3.63) is 59.7 Å². The monoisotopic (exact) mass is 483 g/mol. The first kappa shape index (κ1) is 20.3. The van der Waals surface area contributed by atoms with E-state index in [1.165, 1.54) is 7.11 Å². The van der Waals surface area contributed by atoms with Gasteiger partial charge < -0.3 is 34.1 Å². The van der Waals surface area contributed by atoms with E-state index in [0.29, 0.717) is 32.9 Å². The summed E-state index contributed by atoms with van der Waals surface area (Å²) in [5.41, 5.74) is 0.359. The number of nitrogens with one attached hydrogen (secondary N) is 1. The lowest BCUT2D eigenvalue weighted by atomic mass is 9.88. The highest BCUT2D eigenvalue weighted by atomic mass is 16.6. The molecule has 8 rings (SSSR count). The maximum absolute atomic E-state index is 13.3. The summed E-state index contributed by atoms with van der Waals surface area (Å²) in [6.07, 6.45) is -1.95. The van der Waals surface area contributed by atoms with Crippen LogP contribution in [0.2, 0.25) is 0 Å². The molecule has 1 amide bonds. The standard InChI is InChI=1S/C27H21N3O6/c1-26-27(34,25(33)35-2)11-16(36-26)29-14-9-5-3-7-12(14)17-19-20(24(32)28-23(19)31)18-13-8-4-6-10-15(13)30(26)22(18)21(17)29/h3-10,16,24,32,34H,11H2,1-2H3,(H,28,31). The minimum absolute atomic E-state index is 0.0384. The quantitative estimate of drug-likeness (QED) is 0.316. The highest BCUT2D eigenvalue weighted by Crippen LogP contribution is 2.58. The number of hydrogen-bond donors (Lipinski definition) is 3. The smallest absolute Gasteiger partial charge is 0.343 e. The molecular weight excluding hydrogens is 462 g/mol. The van der Waals surface area contributed by atoms with E-state index in [1.807, 2.05) is 57.7 Å². The lowest BCUT2D eigenvalue weighted by Gasteiger charge is -2.37. The molecule has 4 atom stereocenters. The zero-order chi connectivity index (χ0) is 24.7. The van der Waals surface area contributed by atoms with E-state index in [1.54, 1.807) is 6.92 Å². The number of nitrogens with zero attached hydrogens (tertiary/aromatic N) is 2. The largest absolute Gasteiger partial charge is 0.467 e. The van der Waals surface area contributed by atoms with Gasteiger partial charge in [-0.05, 0) is 19.1 Å². The van der Waals surface area contributed by atoms with Gasteiger partial charge in [-0.3, -0.25) is 4.79 Å². The predicted octanol–water partition coefficient (Wildman–Crippen LogP) is 3.15. The number of methoxy groups -OCH3 is 1. The molecule has 2 bridgehead atoms. The molecule has 0 aliphatic carbocycles. The summed E-state index contributed by atoms with van der Waals surface area (Å²) >= 11 is 0. The number of aliphatic hydroxyl groups is 2. The number of aromatic nitrogens is 2. The Balaban J connectivity index is 1.74. The zero-order valence-electron chi connectivity index (χ0n) is 19.4. The average Bonchev–Trinajstić information content (AvgIpc) is 3.54. The van der Waals surface area contributed by atoms with Gasteiger partial charge in [-0.25, -0.2) is 4.79 Å². The number of aliphatic hydroxyl groups excluding tert-OH is 1. The van der Waals surface area contributed by atoms with Crippen LogP contribution in [0.4, 0.5) is 0 Å². The topological polar surface area (TPSA) is 115 Å². The van der Waals surface area contributed by atoms with Crippen molar-refractivity contribution in [2.75, 3.05) is 7.11 Å². The van der Waals surface area contributed by atoms with Crippen LogP contribution >= 0.6 is 0 Å². The molecule has 3 N–H and O–H groups in total. The summed E-state index contributed by atoms with van der Waals surface area (Å²) in [4.78, 5) is 26.4. The van der Waals surface area contributed by atoms with Gasteiger partial charge in [0.05, 0.1) is 34.7 Å². The van der Waals surface area contributed by atoms with E-state index in [4.69, 9.17) is 9.47 Å². The van der Waals surface area contributed by atoms with Crippen LogP contribution in [0.25, 0.3) is 43.6 Å². The molecule has 9 nitrogen and oxygen atoms in total. The van der Waals surface area contributed by atoms with Crippen LogP contribution in [-0.4, -0.2) is 43.9 Å². The van der Waals surface area contributed by atoms with Crippen molar-refractivity contribution in [3.8, 4) is 0 Å². The van der Waals surface area contributed by atoms with Crippen LogP contribution in [0.15, 0.2) is 48.5 Å². The summed E-state index contributed by atoms with van der Waals surface area (Å²) in [5, 5.41) is 28.7. The van der Waals surface area contributed by atoms with E-state index in [0.717, 1.165) is 21.8 Å². The summed E-state index contributed by atoms with van der Waals surface area (Å²) in [6, 6.07) is 15.2. The average molecular weight is 483 g/mol. The lowest BCUT2D eigenvalue weighted by Crippen LogP contribution is -2.56. The highest BCUT2D eigenvalue weighted by Gasteiger charge is 2.66. The summed E-state index contributed by atoms with van der Waals surface area (Å²) in [6.45, 7) is 1.70. The molecule has 3 aliphatic rings. The van der Waals surface area contributed by atoms with Crippen molar-refractivity contribution in [2.24, 2.45) is 0 Å². The van der Waals surface area contributed by atoms with Crippen LogP contribution < -0.4 is 5.32 Å². The third kappa shape index (κ3) is 1.92. The molecule has 0 spiro atoms. The fraction of sp³-hybridized carbons (Fsp3) is 0.259. The van der Waals surface area contributed by atoms with Crippen LogP contribution in [0, 0.1) is 0 Å². The second-order valence-corrected chi connectivity index (χ2v) is 9.96. The van der Waals surface area contributed by atoms with Crippen LogP contribution in [0.5, 0.6) is 0 Å². The van der Waals surface area contributed by atoms with Crippen molar-refractivity contribution in [3.63, 3.8) is 0 Å². The van der Waals surface area contributed by atoms with E-state index in [2.05, 4.69) is 5.32 Å². The minimum Gasteiger partial charge on any atom is -0.467 e. The Morgan fingerprint density at radius 2 is 1.75 bits per heavy atom. The molecule has 1 saturated heterocycles. The summed E-state index contributed by atoms with van der Waals surface area (Å²) in [5.74, 6) is -1.13. The number of fused-ring (bicyclic) bond motifs is 13.